The fourth-order valence-corrected chi connectivity index (χ4v) is 4.70. The number of ether oxygens (including phenoxy) is 1. The quantitative estimate of drug-likeness (QED) is 0.591. The van der Waals surface area contributed by atoms with Gasteiger partial charge in [-0.1, -0.05) is 12.1 Å². The van der Waals surface area contributed by atoms with Crippen LogP contribution in [-0.2, 0) is 19.6 Å². The van der Waals surface area contributed by atoms with Gasteiger partial charge in [-0.3, -0.25) is 9.59 Å². The third kappa shape index (κ3) is 2.42. The average molecular weight is 378 g/mol. The maximum absolute atomic E-state index is 12.3. The molecule has 0 bridgehead atoms. The van der Waals surface area contributed by atoms with Gasteiger partial charge in [0.25, 0.3) is 15.9 Å². The number of alkyl halides is 2. The van der Waals surface area contributed by atoms with Crippen LogP contribution in [-0.4, -0.2) is 42.1 Å². The number of amides is 1. The van der Waals surface area contributed by atoms with Crippen molar-refractivity contribution < 1.29 is 22.7 Å². The number of sulfonamides is 1. The summed E-state index contributed by atoms with van der Waals surface area (Å²) < 4.78 is 29.2. The topological polar surface area (TPSA) is 80.8 Å². The maximum Gasteiger partial charge on any atom is 0.315 e. The molecule has 1 amide bonds. The van der Waals surface area contributed by atoms with E-state index >= 15 is 0 Å². The molecule has 1 aromatic carbocycles. The minimum atomic E-state index is -3.90. The molecule has 1 atom stereocenters. The molecule has 0 N–H and O–H groups in total. The van der Waals surface area contributed by atoms with Gasteiger partial charge in [0.05, 0.1) is 12.1 Å². The Labute approximate surface area is 143 Å². The lowest BCUT2D eigenvalue weighted by Gasteiger charge is -2.16. The fraction of sp³-hybridized carbons (Fsp3) is 0.429. The van der Waals surface area contributed by atoms with Crippen molar-refractivity contribution in [3.8, 4) is 0 Å². The van der Waals surface area contributed by atoms with E-state index in [-0.39, 0.29) is 30.0 Å². The molecule has 23 heavy (non-hydrogen) atoms. The summed E-state index contributed by atoms with van der Waals surface area (Å²) in [7, 11) is -3.90. The van der Waals surface area contributed by atoms with Gasteiger partial charge >= 0.3 is 5.97 Å². The third-order valence-corrected chi connectivity index (χ3v) is 7.09. The first-order chi connectivity index (χ1) is 10.6. The third-order valence-electron chi connectivity index (χ3n) is 4.15. The predicted molar refractivity (Wildman–Crippen MR) is 82.8 cm³/mol. The summed E-state index contributed by atoms with van der Waals surface area (Å²) >= 11 is 11.8. The summed E-state index contributed by atoms with van der Waals surface area (Å²) in [5.74, 6) is -1.23. The molecule has 0 radical (unpaired) electrons. The predicted octanol–water partition coefficient (Wildman–Crippen LogP) is 1.96. The van der Waals surface area contributed by atoms with Crippen LogP contribution in [0.4, 0.5) is 0 Å². The summed E-state index contributed by atoms with van der Waals surface area (Å²) in [6.07, 6.45) is 0.272. The number of halogens is 2. The van der Waals surface area contributed by atoms with Crippen molar-refractivity contribution >= 4 is 45.1 Å². The molecular weight excluding hydrogens is 365 g/mol. The van der Waals surface area contributed by atoms with Gasteiger partial charge in [-0.15, -0.1) is 23.2 Å². The number of nitrogens with zero attached hydrogens (tertiary/aromatic N) is 1. The van der Waals surface area contributed by atoms with E-state index in [2.05, 4.69) is 0 Å². The van der Waals surface area contributed by atoms with Crippen LogP contribution in [0.2, 0.25) is 0 Å². The Morgan fingerprint density at radius 1 is 1.35 bits per heavy atom. The monoisotopic (exact) mass is 377 g/mol. The van der Waals surface area contributed by atoms with Gasteiger partial charge in [0.2, 0.25) is 0 Å². The van der Waals surface area contributed by atoms with Crippen molar-refractivity contribution in [2.24, 2.45) is 5.41 Å². The van der Waals surface area contributed by atoms with E-state index in [0.717, 1.165) is 0 Å². The van der Waals surface area contributed by atoms with Gasteiger partial charge in [-0.2, -0.15) is 0 Å². The first-order valence-electron chi connectivity index (χ1n) is 6.82. The fourth-order valence-electron chi connectivity index (χ4n) is 2.45. The van der Waals surface area contributed by atoms with E-state index in [1.54, 1.807) is 19.1 Å². The highest BCUT2D eigenvalue weighted by Crippen LogP contribution is 2.64. The smallest absolute Gasteiger partial charge is 0.315 e. The van der Waals surface area contributed by atoms with Crippen LogP contribution in [0, 0.1) is 5.41 Å². The lowest BCUT2D eigenvalue weighted by molar-refractivity contribution is -0.149. The van der Waals surface area contributed by atoms with E-state index in [1.165, 1.54) is 12.1 Å². The number of rotatable bonds is 4. The molecule has 2 aliphatic rings. The van der Waals surface area contributed by atoms with Crippen molar-refractivity contribution in [3.05, 3.63) is 29.8 Å². The Balaban J connectivity index is 1.67. The average Bonchev–Trinajstić information content (AvgIpc) is 2.95. The van der Waals surface area contributed by atoms with Crippen LogP contribution in [0.1, 0.15) is 23.7 Å². The number of benzene rings is 1. The molecule has 0 aromatic heterocycles. The molecule has 6 nitrogen and oxygen atoms in total. The molecule has 1 aliphatic heterocycles. The molecular formula is C14H13Cl2NO5S. The molecule has 0 unspecified atom stereocenters. The van der Waals surface area contributed by atoms with Gasteiger partial charge in [0.15, 0.2) is 0 Å². The van der Waals surface area contributed by atoms with Crippen LogP contribution >= 0.6 is 23.2 Å². The lowest BCUT2D eigenvalue weighted by Crippen LogP contribution is -2.34. The second kappa shape index (κ2) is 5.09. The number of carbonyl (C=O) groups is 2. The summed E-state index contributed by atoms with van der Waals surface area (Å²) in [4.78, 5) is 24.1. The largest absolute Gasteiger partial charge is 0.463 e. The maximum atomic E-state index is 12.3. The number of carbonyl (C=O) groups excluding carboxylic acids is 2. The molecule has 1 aromatic rings. The van der Waals surface area contributed by atoms with Gasteiger partial charge in [0.1, 0.15) is 21.3 Å². The summed E-state index contributed by atoms with van der Waals surface area (Å²) in [5.41, 5.74) is -0.874. The Kier molecular flexibility index (Phi) is 3.66. The van der Waals surface area contributed by atoms with Crippen molar-refractivity contribution in [1.29, 1.82) is 0 Å². The second-order valence-electron chi connectivity index (χ2n) is 5.73. The molecule has 9 heteroatoms. The number of hydrogen-bond acceptors (Lipinski definition) is 5. The van der Waals surface area contributed by atoms with E-state index in [1.807, 2.05) is 0 Å². The van der Waals surface area contributed by atoms with Crippen molar-refractivity contribution in [3.63, 3.8) is 0 Å². The van der Waals surface area contributed by atoms with Gasteiger partial charge in [-0.25, -0.2) is 12.7 Å². The Hall–Kier alpha value is -1.31. The summed E-state index contributed by atoms with van der Waals surface area (Å²) in [5, 5.41) is 0. The summed E-state index contributed by atoms with van der Waals surface area (Å²) in [6, 6.07) is 5.95. The van der Waals surface area contributed by atoms with Crippen LogP contribution in [0.5, 0.6) is 0 Å². The molecule has 3 rings (SSSR count). The van der Waals surface area contributed by atoms with E-state index in [9.17, 15) is 18.0 Å². The standard InChI is InChI=1S/C14H13Cl2NO5S/c1-13(8-14(13,15)16)12(19)22-7-6-17-11(18)9-4-2-3-5-10(9)23(17,20)21/h2-5H,6-8H2,1H3/t13-/m1/s1. The van der Waals surface area contributed by atoms with Crippen LogP contribution < -0.4 is 0 Å². The molecule has 0 spiro atoms. The van der Waals surface area contributed by atoms with E-state index in [4.69, 9.17) is 27.9 Å². The Morgan fingerprint density at radius 3 is 2.52 bits per heavy atom. The molecule has 1 aliphatic carbocycles. The van der Waals surface area contributed by atoms with Gasteiger partial charge in [-0.05, 0) is 19.1 Å². The minimum Gasteiger partial charge on any atom is -0.463 e. The Morgan fingerprint density at radius 2 is 1.96 bits per heavy atom. The van der Waals surface area contributed by atoms with Gasteiger partial charge in [0, 0.05) is 6.42 Å². The molecule has 1 heterocycles. The van der Waals surface area contributed by atoms with Gasteiger partial charge < -0.3 is 4.74 Å². The zero-order valence-corrected chi connectivity index (χ0v) is 14.4. The second-order valence-corrected chi connectivity index (χ2v) is 9.04. The number of esters is 1. The molecule has 1 saturated carbocycles. The van der Waals surface area contributed by atoms with Crippen LogP contribution in [0.15, 0.2) is 29.2 Å². The lowest BCUT2D eigenvalue weighted by atomic mass is 10.1. The number of hydrogen-bond donors (Lipinski definition) is 0. The highest BCUT2D eigenvalue weighted by molar-refractivity contribution is 7.90. The molecule has 0 saturated heterocycles. The first kappa shape index (κ1) is 16.5. The zero-order chi connectivity index (χ0) is 17.0. The zero-order valence-electron chi connectivity index (χ0n) is 12.1. The van der Waals surface area contributed by atoms with Crippen LogP contribution in [0.25, 0.3) is 0 Å². The highest BCUT2D eigenvalue weighted by Gasteiger charge is 2.69. The van der Waals surface area contributed by atoms with E-state index in [0.29, 0.717) is 4.31 Å². The highest BCUT2D eigenvalue weighted by atomic mass is 35.5. The van der Waals surface area contributed by atoms with Crippen molar-refractivity contribution in [2.45, 2.75) is 22.6 Å². The minimum absolute atomic E-state index is 0.0361. The Bertz CT molecular complexity index is 807. The van der Waals surface area contributed by atoms with E-state index < -0.39 is 31.6 Å². The molecule has 1 fully saturated rings. The van der Waals surface area contributed by atoms with Crippen LogP contribution in [0.3, 0.4) is 0 Å². The molecule has 124 valence electrons. The SMILES string of the molecule is C[C@]1(C(=O)OCCN2C(=O)c3ccccc3S2(=O)=O)CC1(Cl)Cl. The van der Waals surface area contributed by atoms with Crippen molar-refractivity contribution in [1.82, 2.24) is 4.31 Å². The normalized spacial score (nSPS) is 26.7. The summed E-state index contributed by atoms with van der Waals surface area (Å²) in [6.45, 7) is 1.06. The van der Waals surface area contributed by atoms with Crippen molar-refractivity contribution in [2.75, 3.05) is 13.2 Å². The number of fused-ring (bicyclic) bond motifs is 1. The first-order valence-corrected chi connectivity index (χ1v) is 9.02.